The van der Waals surface area contributed by atoms with E-state index in [2.05, 4.69) is 61.7 Å². The molecule has 0 heterocycles. The molecular formula is C48H86N2O5. The van der Waals surface area contributed by atoms with E-state index in [0.29, 0.717) is 38.6 Å². The van der Waals surface area contributed by atoms with Gasteiger partial charge in [-0.15, -0.1) is 0 Å². The van der Waals surface area contributed by atoms with Crippen LogP contribution in [0.3, 0.4) is 0 Å². The number of unbranched alkanes of at least 4 members (excludes halogenated alkanes) is 21. The fraction of sp³-hybridized carbons (Fsp3) is 0.771. The molecule has 7 nitrogen and oxygen atoms in total. The lowest BCUT2D eigenvalue weighted by molar-refractivity contribution is -0.147. The third-order valence-electron chi connectivity index (χ3n) is 10.1. The highest BCUT2D eigenvalue weighted by atomic mass is 16.5. The quantitative estimate of drug-likeness (QED) is 0.0324. The molecule has 1 amide bonds. The molecule has 0 aromatic rings. The second-order valence-electron chi connectivity index (χ2n) is 15.5. The number of esters is 1. The molecule has 0 fully saturated rings. The number of carboxylic acid groups (broad SMARTS) is 1. The van der Waals surface area contributed by atoms with Crippen molar-refractivity contribution < 1.29 is 24.2 Å². The van der Waals surface area contributed by atoms with Gasteiger partial charge in [0.15, 0.2) is 0 Å². The predicted octanol–water partition coefficient (Wildman–Crippen LogP) is 13.2. The number of nitrogens with two attached hydrogens (primary N) is 1. The standard InChI is InChI=1S/C48H86N2O5/c1-3-5-7-9-11-13-14-15-16-17-18-19-20-21-22-23-24-26-28-30-36-42-47(52)55-44(38-33-29-27-25-12-10-8-6-4-2)39-34-31-32-35-41-46(51)50-45(48(53)54)40-37-43-49/h14-15,17-18,25,27,33,38,44-45H,3-13,16,19-24,26,28-32,34-37,39-43,49H2,1-2H3,(H,50,51)(H,53,54)/b15-14-,18-17-,27-25-,38-33-. The fourth-order valence-corrected chi connectivity index (χ4v) is 6.61. The Kier molecular flexibility index (Phi) is 40.4. The summed E-state index contributed by atoms with van der Waals surface area (Å²) >= 11 is 0. The van der Waals surface area contributed by atoms with Gasteiger partial charge in [-0.25, -0.2) is 4.79 Å². The van der Waals surface area contributed by atoms with E-state index < -0.39 is 12.0 Å². The van der Waals surface area contributed by atoms with E-state index in [-0.39, 0.29) is 18.0 Å². The van der Waals surface area contributed by atoms with Crippen molar-refractivity contribution in [2.24, 2.45) is 5.73 Å². The van der Waals surface area contributed by atoms with Crippen LogP contribution in [0.15, 0.2) is 48.6 Å². The topological polar surface area (TPSA) is 119 Å². The maximum absolute atomic E-state index is 12.8. The van der Waals surface area contributed by atoms with E-state index in [1.54, 1.807) is 0 Å². The molecule has 0 radical (unpaired) electrons. The van der Waals surface area contributed by atoms with Gasteiger partial charge in [0.25, 0.3) is 0 Å². The molecule has 0 saturated carbocycles. The summed E-state index contributed by atoms with van der Waals surface area (Å²) in [4.78, 5) is 36.4. The third-order valence-corrected chi connectivity index (χ3v) is 10.1. The van der Waals surface area contributed by atoms with Gasteiger partial charge in [-0.2, -0.15) is 0 Å². The molecule has 318 valence electrons. The van der Waals surface area contributed by atoms with Gasteiger partial charge in [0.2, 0.25) is 5.91 Å². The van der Waals surface area contributed by atoms with E-state index in [0.717, 1.165) is 57.8 Å². The second kappa shape index (κ2) is 42.5. The molecule has 7 heteroatoms. The predicted molar refractivity (Wildman–Crippen MR) is 234 cm³/mol. The van der Waals surface area contributed by atoms with Crippen LogP contribution < -0.4 is 11.1 Å². The zero-order chi connectivity index (χ0) is 40.3. The lowest BCUT2D eigenvalue weighted by Crippen LogP contribution is -2.40. The van der Waals surface area contributed by atoms with Crippen molar-refractivity contribution in [2.75, 3.05) is 6.54 Å². The number of rotatable bonds is 41. The molecule has 0 aliphatic rings. The van der Waals surface area contributed by atoms with Crippen molar-refractivity contribution in [3.63, 3.8) is 0 Å². The summed E-state index contributed by atoms with van der Waals surface area (Å²) in [6.07, 6.45) is 51.8. The Hall–Kier alpha value is -2.67. The van der Waals surface area contributed by atoms with Crippen LogP contribution in [0.2, 0.25) is 0 Å². The number of carbonyl (C=O) groups excluding carboxylic acids is 2. The Morgan fingerprint density at radius 3 is 1.53 bits per heavy atom. The Morgan fingerprint density at radius 1 is 0.545 bits per heavy atom. The number of carboxylic acids is 1. The Balaban J connectivity index is 4.23. The van der Waals surface area contributed by atoms with Crippen molar-refractivity contribution in [3.05, 3.63) is 48.6 Å². The van der Waals surface area contributed by atoms with Crippen LogP contribution in [0.5, 0.6) is 0 Å². The smallest absolute Gasteiger partial charge is 0.326 e. The Labute approximate surface area is 338 Å². The first-order valence-corrected chi connectivity index (χ1v) is 23.0. The van der Waals surface area contributed by atoms with Gasteiger partial charge in [0.05, 0.1) is 0 Å². The van der Waals surface area contributed by atoms with E-state index in [1.165, 1.54) is 116 Å². The van der Waals surface area contributed by atoms with Crippen molar-refractivity contribution in [3.8, 4) is 0 Å². The van der Waals surface area contributed by atoms with Gasteiger partial charge in [-0.1, -0.05) is 159 Å². The normalized spacial score (nSPS) is 13.1. The van der Waals surface area contributed by atoms with Crippen LogP contribution in [-0.4, -0.2) is 41.6 Å². The number of carbonyl (C=O) groups is 3. The lowest BCUT2D eigenvalue weighted by atomic mass is 10.1. The molecule has 55 heavy (non-hydrogen) atoms. The van der Waals surface area contributed by atoms with Crippen LogP contribution in [0, 0.1) is 0 Å². The first kappa shape index (κ1) is 52.3. The van der Waals surface area contributed by atoms with Crippen LogP contribution >= 0.6 is 0 Å². The summed E-state index contributed by atoms with van der Waals surface area (Å²) < 4.78 is 5.92. The average Bonchev–Trinajstić information content (AvgIpc) is 3.17. The zero-order valence-electron chi connectivity index (χ0n) is 35.8. The molecule has 0 rings (SSSR count). The first-order valence-electron chi connectivity index (χ1n) is 23.0. The van der Waals surface area contributed by atoms with Crippen LogP contribution in [0.1, 0.15) is 219 Å². The molecule has 0 spiro atoms. The van der Waals surface area contributed by atoms with E-state index >= 15 is 0 Å². The highest BCUT2D eigenvalue weighted by molar-refractivity contribution is 5.83. The van der Waals surface area contributed by atoms with Gasteiger partial charge < -0.3 is 20.9 Å². The summed E-state index contributed by atoms with van der Waals surface area (Å²) in [5.41, 5.74) is 5.49. The Morgan fingerprint density at radius 2 is 1.00 bits per heavy atom. The minimum absolute atomic E-state index is 0.108. The number of amides is 1. The molecule has 0 aromatic carbocycles. The first-order chi connectivity index (χ1) is 26.9. The highest BCUT2D eigenvalue weighted by Crippen LogP contribution is 2.16. The third kappa shape index (κ3) is 39.4. The molecule has 0 saturated heterocycles. The molecule has 0 aliphatic heterocycles. The number of allylic oxidation sites excluding steroid dienone is 7. The van der Waals surface area contributed by atoms with E-state index in [4.69, 9.17) is 10.5 Å². The minimum Gasteiger partial charge on any atom is -0.480 e. The number of hydrogen-bond donors (Lipinski definition) is 3. The average molecular weight is 771 g/mol. The molecule has 0 aliphatic carbocycles. The summed E-state index contributed by atoms with van der Waals surface area (Å²) in [5, 5.41) is 11.9. The van der Waals surface area contributed by atoms with Crippen molar-refractivity contribution in [2.45, 2.75) is 231 Å². The summed E-state index contributed by atoms with van der Waals surface area (Å²) in [5.74, 6) is -1.35. The lowest BCUT2D eigenvalue weighted by Gasteiger charge is -2.15. The summed E-state index contributed by atoms with van der Waals surface area (Å²) in [6.45, 7) is 4.90. The largest absolute Gasteiger partial charge is 0.480 e. The molecular weight excluding hydrogens is 685 g/mol. The molecule has 0 bridgehead atoms. The number of hydrogen-bond acceptors (Lipinski definition) is 5. The number of aliphatic carboxylic acids is 1. The maximum atomic E-state index is 12.8. The second-order valence-corrected chi connectivity index (χ2v) is 15.5. The van der Waals surface area contributed by atoms with Crippen molar-refractivity contribution in [1.82, 2.24) is 5.32 Å². The minimum atomic E-state index is -1.02. The maximum Gasteiger partial charge on any atom is 0.326 e. The molecule has 2 atom stereocenters. The number of nitrogens with one attached hydrogen (secondary N) is 1. The van der Waals surface area contributed by atoms with E-state index in [9.17, 15) is 19.5 Å². The van der Waals surface area contributed by atoms with Gasteiger partial charge in [-0.3, -0.25) is 9.59 Å². The van der Waals surface area contributed by atoms with Crippen LogP contribution in [-0.2, 0) is 19.1 Å². The van der Waals surface area contributed by atoms with Gasteiger partial charge in [-0.05, 0) is 103 Å². The summed E-state index contributed by atoms with van der Waals surface area (Å²) in [7, 11) is 0. The van der Waals surface area contributed by atoms with Gasteiger partial charge in [0, 0.05) is 12.8 Å². The van der Waals surface area contributed by atoms with Gasteiger partial charge in [0.1, 0.15) is 12.1 Å². The molecule has 0 aromatic heterocycles. The van der Waals surface area contributed by atoms with Crippen molar-refractivity contribution in [1.29, 1.82) is 0 Å². The zero-order valence-corrected chi connectivity index (χ0v) is 35.8. The monoisotopic (exact) mass is 771 g/mol. The molecule has 2 unspecified atom stereocenters. The van der Waals surface area contributed by atoms with Crippen molar-refractivity contribution >= 4 is 17.8 Å². The summed E-state index contributed by atoms with van der Waals surface area (Å²) in [6, 6.07) is -0.875. The van der Waals surface area contributed by atoms with E-state index in [1.807, 2.05) is 6.08 Å². The number of ether oxygens (including phenoxy) is 1. The SMILES string of the molecule is CCCCCC/C=C\C/C=C\C(CCCCCCC(=O)NC(CCCN)C(=O)O)OC(=O)CCCCCCCCCCC/C=C\C/C=C\CCCCCCC. The highest BCUT2D eigenvalue weighted by Gasteiger charge is 2.19. The van der Waals surface area contributed by atoms with Gasteiger partial charge >= 0.3 is 11.9 Å². The van der Waals surface area contributed by atoms with Crippen LogP contribution in [0.25, 0.3) is 0 Å². The van der Waals surface area contributed by atoms with Crippen LogP contribution in [0.4, 0.5) is 0 Å². The fourth-order valence-electron chi connectivity index (χ4n) is 6.61. The molecule has 4 N–H and O–H groups in total. The Bertz CT molecular complexity index is 1000.